The zero-order chi connectivity index (χ0) is 20.8. The molecule has 0 spiro atoms. The molecule has 160 valence electrons. The average Bonchev–Trinajstić information content (AvgIpc) is 3.43. The number of para-hydroxylation sites is 1. The normalized spacial score (nSPS) is 23.1. The second kappa shape index (κ2) is 7.76. The molecule has 1 saturated heterocycles. The van der Waals surface area contributed by atoms with Gasteiger partial charge in [0.15, 0.2) is 0 Å². The van der Waals surface area contributed by atoms with Gasteiger partial charge in [-0.3, -0.25) is 4.90 Å². The summed E-state index contributed by atoms with van der Waals surface area (Å²) in [5.74, 6) is 0.708. The lowest BCUT2D eigenvalue weighted by Crippen LogP contribution is -2.51. The summed E-state index contributed by atoms with van der Waals surface area (Å²) in [6, 6.07) is 18.4. The lowest BCUT2D eigenvalue weighted by Gasteiger charge is -2.43. The molecule has 4 nitrogen and oxygen atoms in total. The summed E-state index contributed by atoms with van der Waals surface area (Å²) in [7, 11) is 0. The number of nitrogens with zero attached hydrogens (tertiary/aromatic N) is 2. The zero-order valence-electron chi connectivity index (χ0n) is 18.4. The Bertz CT molecular complexity index is 1190. The van der Waals surface area contributed by atoms with Crippen molar-refractivity contribution in [1.82, 2.24) is 14.9 Å². The van der Waals surface area contributed by atoms with Crippen LogP contribution in [0.4, 0.5) is 5.69 Å². The van der Waals surface area contributed by atoms with Crippen LogP contribution in [0.5, 0.6) is 0 Å². The van der Waals surface area contributed by atoms with Crippen LogP contribution >= 0.6 is 0 Å². The van der Waals surface area contributed by atoms with E-state index < -0.39 is 0 Å². The summed E-state index contributed by atoms with van der Waals surface area (Å²) in [6.07, 6.45) is 7.35. The Balaban J connectivity index is 1.10. The minimum absolute atomic E-state index is 0.708. The third-order valence-electron chi connectivity index (χ3n) is 7.79. The second-order valence-corrected chi connectivity index (χ2v) is 9.45. The Hall–Kier alpha value is -2.72. The van der Waals surface area contributed by atoms with Gasteiger partial charge in [-0.1, -0.05) is 24.3 Å². The molecule has 31 heavy (non-hydrogen) atoms. The minimum Gasteiger partial charge on any atom is -0.368 e. The van der Waals surface area contributed by atoms with Crippen molar-refractivity contribution in [2.24, 2.45) is 0 Å². The van der Waals surface area contributed by atoms with E-state index in [1.807, 2.05) is 0 Å². The summed E-state index contributed by atoms with van der Waals surface area (Å²) in [4.78, 5) is 12.3. The maximum absolute atomic E-state index is 3.61. The van der Waals surface area contributed by atoms with Crippen molar-refractivity contribution >= 4 is 27.5 Å². The van der Waals surface area contributed by atoms with Crippen LogP contribution in [0, 0.1) is 6.92 Å². The van der Waals surface area contributed by atoms with Crippen molar-refractivity contribution in [2.75, 3.05) is 31.1 Å². The van der Waals surface area contributed by atoms with Crippen LogP contribution in [-0.4, -0.2) is 47.1 Å². The topological polar surface area (TPSA) is 38.1 Å². The fourth-order valence-corrected chi connectivity index (χ4v) is 6.23. The highest BCUT2D eigenvalue weighted by Gasteiger charge is 2.30. The van der Waals surface area contributed by atoms with Gasteiger partial charge in [-0.15, -0.1) is 0 Å². The number of fused-ring (bicyclic) bond motifs is 2. The van der Waals surface area contributed by atoms with Gasteiger partial charge in [-0.2, -0.15) is 0 Å². The fourth-order valence-electron chi connectivity index (χ4n) is 6.23. The minimum atomic E-state index is 0.708. The summed E-state index contributed by atoms with van der Waals surface area (Å²) < 4.78 is 0. The van der Waals surface area contributed by atoms with Crippen LogP contribution in [0.3, 0.4) is 0 Å². The van der Waals surface area contributed by atoms with E-state index >= 15 is 0 Å². The van der Waals surface area contributed by atoms with Crippen LogP contribution in [-0.2, 0) is 0 Å². The van der Waals surface area contributed by atoms with Gasteiger partial charge in [0.05, 0.1) is 0 Å². The van der Waals surface area contributed by atoms with Crippen molar-refractivity contribution in [2.45, 2.75) is 44.6 Å². The highest BCUT2D eigenvalue weighted by Crippen LogP contribution is 2.40. The first-order valence-electron chi connectivity index (χ1n) is 11.9. The van der Waals surface area contributed by atoms with E-state index in [9.17, 15) is 0 Å². The van der Waals surface area contributed by atoms with Gasteiger partial charge in [-0.25, -0.2) is 0 Å². The molecule has 0 atom stereocenters. The Kier molecular flexibility index (Phi) is 4.76. The number of nitrogens with one attached hydrogen (secondary N) is 2. The van der Waals surface area contributed by atoms with Crippen molar-refractivity contribution in [3.63, 3.8) is 0 Å². The monoisotopic (exact) mass is 412 g/mol. The third kappa shape index (κ3) is 3.34. The largest absolute Gasteiger partial charge is 0.368 e. The average molecular weight is 413 g/mol. The van der Waals surface area contributed by atoms with Gasteiger partial charge < -0.3 is 14.9 Å². The van der Waals surface area contributed by atoms with Crippen molar-refractivity contribution in [1.29, 1.82) is 0 Å². The van der Waals surface area contributed by atoms with E-state index in [2.05, 4.69) is 81.4 Å². The van der Waals surface area contributed by atoms with Crippen LogP contribution in [0.15, 0.2) is 54.7 Å². The van der Waals surface area contributed by atoms with Gasteiger partial charge >= 0.3 is 0 Å². The van der Waals surface area contributed by atoms with Crippen LogP contribution < -0.4 is 4.90 Å². The highest BCUT2D eigenvalue weighted by molar-refractivity contribution is 5.92. The van der Waals surface area contributed by atoms with Crippen LogP contribution in [0.2, 0.25) is 0 Å². The maximum Gasteiger partial charge on any atom is 0.0474 e. The van der Waals surface area contributed by atoms with Gasteiger partial charge in [0.1, 0.15) is 0 Å². The number of H-pyrrole nitrogens is 2. The van der Waals surface area contributed by atoms with Crippen LogP contribution in [0.25, 0.3) is 21.8 Å². The molecule has 0 radical (unpaired) electrons. The summed E-state index contributed by atoms with van der Waals surface area (Å²) >= 11 is 0. The molecule has 0 amide bonds. The molecular formula is C27H32N4. The van der Waals surface area contributed by atoms with E-state index in [0.717, 1.165) is 19.1 Å². The second-order valence-electron chi connectivity index (χ2n) is 9.45. The number of aromatic amines is 2. The number of piperazine rings is 1. The summed E-state index contributed by atoms with van der Waals surface area (Å²) in [6.45, 7) is 6.88. The number of anilines is 1. The molecule has 4 aromatic rings. The van der Waals surface area contributed by atoms with E-state index in [1.165, 1.54) is 72.0 Å². The standard InChI is InChI=1S/C27H32N4/c1-19-27(23-5-2-3-6-25(23)29-19)20-9-11-21(12-10-20)30-15-17-31(18-16-30)26-8-4-7-24-22(26)13-14-28-24/h2-8,13-14,20-21,28-29H,9-12,15-18H2,1H3/t20-,21+. The molecule has 6 rings (SSSR count). The summed E-state index contributed by atoms with van der Waals surface area (Å²) in [5, 5.41) is 2.79. The summed E-state index contributed by atoms with van der Waals surface area (Å²) in [5.41, 5.74) is 6.88. The molecule has 0 bridgehead atoms. The first-order chi connectivity index (χ1) is 15.3. The predicted octanol–water partition coefficient (Wildman–Crippen LogP) is 5.81. The SMILES string of the molecule is Cc1[nH]c2ccccc2c1[C@H]1CC[C@@H](N2CCN(c3cccc4[nH]ccc34)CC2)CC1. The smallest absolute Gasteiger partial charge is 0.0474 e. The Morgan fingerprint density at radius 3 is 2.39 bits per heavy atom. The van der Waals surface area contributed by atoms with Crippen molar-refractivity contribution in [3.8, 4) is 0 Å². The van der Waals surface area contributed by atoms with Crippen molar-refractivity contribution in [3.05, 3.63) is 66.0 Å². The van der Waals surface area contributed by atoms with E-state index in [1.54, 1.807) is 5.56 Å². The highest BCUT2D eigenvalue weighted by atomic mass is 15.3. The first-order valence-corrected chi connectivity index (χ1v) is 11.9. The number of rotatable bonds is 3. The van der Waals surface area contributed by atoms with E-state index in [-0.39, 0.29) is 0 Å². The Labute approximate surface area is 184 Å². The Morgan fingerprint density at radius 2 is 1.55 bits per heavy atom. The number of aromatic nitrogens is 2. The first kappa shape index (κ1) is 19.0. The molecule has 2 fully saturated rings. The number of hydrogen-bond donors (Lipinski definition) is 2. The molecule has 1 saturated carbocycles. The molecular weight excluding hydrogens is 380 g/mol. The van der Waals surface area contributed by atoms with Crippen molar-refractivity contribution < 1.29 is 0 Å². The van der Waals surface area contributed by atoms with E-state index in [4.69, 9.17) is 0 Å². The predicted molar refractivity (Wildman–Crippen MR) is 130 cm³/mol. The number of benzene rings is 2. The van der Waals surface area contributed by atoms with E-state index in [0.29, 0.717) is 5.92 Å². The molecule has 1 aliphatic carbocycles. The number of hydrogen-bond acceptors (Lipinski definition) is 2. The lowest BCUT2D eigenvalue weighted by atomic mass is 9.80. The Morgan fingerprint density at radius 1 is 0.774 bits per heavy atom. The number of aryl methyl sites for hydroxylation is 1. The molecule has 3 heterocycles. The van der Waals surface area contributed by atoms with Crippen LogP contribution in [0.1, 0.15) is 42.9 Å². The molecule has 2 N–H and O–H groups in total. The molecule has 0 unspecified atom stereocenters. The van der Waals surface area contributed by atoms with Gasteiger partial charge in [0, 0.05) is 71.6 Å². The van der Waals surface area contributed by atoms with Gasteiger partial charge in [-0.05, 0) is 68.4 Å². The molecule has 4 heteroatoms. The zero-order valence-corrected chi connectivity index (χ0v) is 18.4. The third-order valence-corrected chi connectivity index (χ3v) is 7.79. The van der Waals surface area contributed by atoms with Gasteiger partial charge in [0.25, 0.3) is 0 Å². The molecule has 1 aliphatic heterocycles. The molecule has 2 aromatic heterocycles. The van der Waals surface area contributed by atoms with Gasteiger partial charge in [0.2, 0.25) is 0 Å². The molecule has 2 aliphatic rings. The maximum atomic E-state index is 3.61. The quantitative estimate of drug-likeness (QED) is 0.446. The lowest BCUT2D eigenvalue weighted by molar-refractivity contribution is 0.141. The molecule has 2 aromatic carbocycles. The fraction of sp³-hybridized carbons (Fsp3) is 0.407.